The van der Waals surface area contributed by atoms with Crippen LogP contribution < -0.4 is 0 Å². The number of hydrogen-bond acceptors (Lipinski definition) is 5. The van der Waals surface area contributed by atoms with Gasteiger partial charge >= 0.3 is 5.97 Å². The molecule has 1 aliphatic heterocycles. The number of amides is 1. The molecule has 1 amide bonds. The van der Waals surface area contributed by atoms with Crippen LogP contribution in [-0.2, 0) is 14.9 Å². The fraction of sp³-hybridized carbons (Fsp3) is 0.429. The molecule has 4 rings (SSSR count). The van der Waals surface area contributed by atoms with Gasteiger partial charge in [0.1, 0.15) is 11.4 Å². The van der Waals surface area contributed by atoms with Gasteiger partial charge in [-0.1, -0.05) is 36.4 Å². The molecule has 1 saturated carbocycles. The quantitative estimate of drug-likeness (QED) is 0.516. The Bertz CT molecular complexity index is 1060. The van der Waals surface area contributed by atoms with Crippen molar-refractivity contribution in [3.63, 3.8) is 0 Å². The summed E-state index contributed by atoms with van der Waals surface area (Å²) in [5.74, 6) is -0.133. The predicted molar refractivity (Wildman–Crippen MR) is 132 cm³/mol. The normalized spacial score (nSPS) is 26.8. The van der Waals surface area contributed by atoms with Crippen LogP contribution in [0, 0.1) is 0 Å². The van der Waals surface area contributed by atoms with Gasteiger partial charge in [0.05, 0.1) is 0 Å². The fourth-order valence-corrected chi connectivity index (χ4v) is 6.08. The number of phenolic OH excluding ortho intramolecular Hbond substituents is 1. The highest BCUT2D eigenvalue weighted by atomic mass is 16.6. The Morgan fingerprint density at radius 3 is 2.65 bits per heavy atom. The summed E-state index contributed by atoms with van der Waals surface area (Å²) in [7, 11) is 1.86. The number of fused-ring (bicyclic) bond motifs is 1. The number of phenols is 1. The van der Waals surface area contributed by atoms with E-state index in [1.165, 1.54) is 6.92 Å². The topological polar surface area (TPSA) is 70.1 Å². The highest BCUT2D eigenvalue weighted by Gasteiger charge is 2.61. The molecule has 2 fully saturated rings. The number of esters is 1. The molecule has 2 aromatic carbocycles. The van der Waals surface area contributed by atoms with Crippen molar-refractivity contribution in [2.75, 3.05) is 26.7 Å². The standard InChI is InChI=1S/C28H34N2O4/c1-4-16-30-17-15-27(23-11-8-12-25(32)18-23)19-24(13-14-28(27,20-30)34-21(2)31)29(3)26(33)22-9-6-5-7-10-22/h4-12,18,24,32H,1,13-17,19-20H2,2-3H3/t24-,27?,28?/m0/s1. The largest absolute Gasteiger partial charge is 0.508 e. The second-order valence-corrected chi connectivity index (χ2v) is 9.67. The number of likely N-dealkylation sites (tertiary alicyclic amines) is 1. The average molecular weight is 463 g/mol. The molecular weight excluding hydrogens is 428 g/mol. The van der Waals surface area contributed by atoms with Gasteiger partial charge in [0.15, 0.2) is 0 Å². The van der Waals surface area contributed by atoms with E-state index in [-0.39, 0.29) is 23.7 Å². The van der Waals surface area contributed by atoms with Crippen molar-refractivity contribution in [2.45, 2.75) is 49.7 Å². The molecule has 2 aliphatic rings. The van der Waals surface area contributed by atoms with E-state index >= 15 is 0 Å². The van der Waals surface area contributed by atoms with Gasteiger partial charge in [0.25, 0.3) is 5.91 Å². The first kappa shape index (κ1) is 24.0. The first-order chi connectivity index (χ1) is 16.3. The molecule has 1 aliphatic carbocycles. The van der Waals surface area contributed by atoms with Crippen LogP contribution in [0.1, 0.15) is 48.5 Å². The van der Waals surface area contributed by atoms with Crippen LogP contribution in [0.4, 0.5) is 0 Å². The third-order valence-corrected chi connectivity index (χ3v) is 7.69. The number of nitrogens with zero attached hydrogens (tertiary/aromatic N) is 2. The second kappa shape index (κ2) is 9.63. The Morgan fingerprint density at radius 2 is 1.97 bits per heavy atom. The van der Waals surface area contributed by atoms with Gasteiger partial charge in [-0.25, -0.2) is 0 Å². The first-order valence-electron chi connectivity index (χ1n) is 11.9. The summed E-state index contributed by atoms with van der Waals surface area (Å²) in [5, 5.41) is 10.3. The van der Waals surface area contributed by atoms with Crippen LogP contribution in [0.15, 0.2) is 67.3 Å². The van der Waals surface area contributed by atoms with Gasteiger partial charge in [-0.2, -0.15) is 0 Å². The van der Waals surface area contributed by atoms with E-state index < -0.39 is 11.0 Å². The maximum Gasteiger partial charge on any atom is 0.303 e. The number of piperidine rings is 1. The van der Waals surface area contributed by atoms with Gasteiger partial charge in [0.2, 0.25) is 0 Å². The third-order valence-electron chi connectivity index (χ3n) is 7.69. The number of carbonyl (C=O) groups is 2. The van der Waals surface area contributed by atoms with Crippen LogP contribution >= 0.6 is 0 Å². The highest BCUT2D eigenvalue weighted by molar-refractivity contribution is 5.94. The van der Waals surface area contributed by atoms with Crippen LogP contribution in [-0.4, -0.2) is 65.1 Å². The molecule has 1 saturated heterocycles. The fourth-order valence-electron chi connectivity index (χ4n) is 6.08. The zero-order valence-electron chi connectivity index (χ0n) is 20.1. The maximum atomic E-state index is 13.3. The monoisotopic (exact) mass is 462 g/mol. The summed E-state index contributed by atoms with van der Waals surface area (Å²) in [6.07, 6.45) is 4.64. The number of rotatable bonds is 6. The second-order valence-electron chi connectivity index (χ2n) is 9.67. The molecule has 2 unspecified atom stereocenters. The van der Waals surface area contributed by atoms with Crippen molar-refractivity contribution in [1.29, 1.82) is 0 Å². The lowest BCUT2D eigenvalue weighted by Crippen LogP contribution is -2.68. The van der Waals surface area contributed by atoms with Crippen LogP contribution in [0.3, 0.4) is 0 Å². The molecule has 0 bridgehead atoms. The molecule has 0 aromatic heterocycles. The van der Waals surface area contributed by atoms with Crippen molar-refractivity contribution in [3.8, 4) is 5.75 Å². The van der Waals surface area contributed by atoms with Gasteiger partial charge in [-0.3, -0.25) is 14.5 Å². The zero-order chi connectivity index (χ0) is 24.3. The minimum absolute atomic E-state index is 0.0132. The smallest absolute Gasteiger partial charge is 0.303 e. The van der Waals surface area contributed by atoms with Crippen LogP contribution in [0.5, 0.6) is 5.75 Å². The molecule has 0 spiro atoms. The summed E-state index contributed by atoms with van der Waals surface area (Å²) in [6, 6.07) is 16.6. The van der Waals surface area contributed by atoms with E-state index in [4.69, 9.17) is 4.74 Å². The Hall–Kier alpha value is -3.12. The number of ether oxygens (including phenoxy) is 1. The molecule has 2 aromatic rings. The minimum atomic E-state index is -0.749. The van der Waals surface area contributed by atoms with Gasteiger partial charge in [0, 0.05) is 44.1 Å². The molecule has 180 valence electrons. The molecule has 6 nitrogen and oxygen atoms in total. The summed E-state index contributed by atoms with van der Waals surface area (Å²) >= 11 is 0. The summed E-state index contributed by atoms with van der Waals surface area (Å²) in [6.45, 7) is 7.48. The van der Waals surface area contributed by atoms with Gasteiger partial charge < -0.3 is 14.7 Å². The minimum Gasteiger partial charge on any atom is -0.508 e. The third kappa shape index (κ3) is 4.34. The molecule has 1 heterocycles. The molecule has 3 atom stereocenters. The van der Waals surface area contributed by atoms with Gasteiger partial charge in [-0.05, 0) is 62.1 Å². The van der Waals surface area contributed by atoms with Crippen molar-refractivity contribution in [3.05, 3.63) is 78.4 Å². The Morgan fingerprint density at radius 1 is 1.21 bits per heavy atom. The highest BCUT2D eigenvalue weighted by Crippen LogP contribution is 2.54. The molecule has 34 heavy (non-hydrogen) atoms. The first-order valence-corrected chi connectivity index (χ1v) is 11.9. The van der Waals surface area contributed by atoms with Crippen LogP contribution in [0.2, 0.25) is 0 Å². The summed E-state index contributed by atoms with van der Waals surface area (Å²) < 4.78 is 6.23. The van der Waals surface area contributed by atoms with Crippen LogP contribution in [0.25, 0.3) is 0 Å². The van der Waals surface area contributed by atoms with Crippen molar-refractivity contribution >= 4 is 11.9 Å². The Labute approximate surface area is 201 Å². The average Bonchev–Trinajstić information content (AvgIpc) is 2.83. The van der Waals surface area contributed by atoms with E-state index in [0.29, 0.717) is 24.9 Å². The van der Waals surface area contributed by atoms with Crippen molar-refractivity contribution in [2.24, 2.45) is 0 Å². The van der Waals surface area contributed by atoms with E-state index in [1.807, 2.05) is 60.5 Å². The van der Waals surface area contributed by atoms with E-state index in [0.717, 1.165) is 31.5 Å². The van der Waals surface area contributed by atoms with Crippen molar-refractivity contribution in [1.82, 2.24) is 9.80 Å². The lowest BCUT2D eigenvalue weighted by atomic mass is 9.55. The molecule has 0 radical (unpaired) electrons. The van der Waals surface area contributed by atoms with E-state index in [1.54, 1.807) is 12.1 Å². The van der Waals surface area contributed by atoms with E-state index in [2.05, 4.69) is 11.5 Å². The SMILES string of the molecule is C=CCN1CCC2(c3cccc(O)c3)C[C@@H](N(C)C(=O)c3ccccc3)CCC2(OC(C)=O)C1. The lowest BCUT2D eigenvalue weighted by Gasteiger charge is -2.60. The van der Waals surface area contributed by atoms with E-state index in [9.17, 15) is 14.7 Å². The maximum absolute atomic E-state index is 13.3. The summed E-state index contributed by atoms with van der Waals surface area (Å²) in [5.41, 5.74) is 0.343. The number of aromatic hydroxyl groups is 1. The molecule has 1 N–H and O–H groups in total. The Balaban J connectivity index is 1.76. The lowest BCUT2D eigenvalue weighted by molar-refractivity contribution is -0.188. The zero-order valence-corrected chi connectivity index (χ0v) is 20.1. The number of carbonyl (C=O) groups excluding carboxylic acids is 2. The Kier molecular flexibility index (Phi) is 6.80. The molecular formula is C28H34N2O4. The van der Waals surface area contributed by atoms with Gasteiger partial charge in [-0.15, -0.1) is 6.58 Å². The number of hydrogen-bond donors (Lipinski definition) is 1. The molecule has 6 heteroatoms. The summed E-state index contributed by atoms with van der Waals surface area (Å²) in [4.78, 5) is 29.8. The number of benzene rings is 2. The van der Waals surface area contributed by atoms with Crippen molar-refractivity contribution < 1.29 is 19.4 Å². The predicted octanol–water partition coefficient (Wildman–Crippen LogP) is 4.15.